The number of aromatic nitrogens is 1. The Kier molecular flexibility index (Phi) is 3.65. The van der Waals surface area contributed by atoms with Crippen LogP contribution in [0.15, 0.2) is 75.0 Å². The summed E-state index contributed by atoms with van der Waals surface area (Å²) in [5.41, 5.74) is 8.69. The highest BCUT2D eigenvalue weighted by Crippen LogP contribution is 2.37. The Labute approximate surface area is 154 Å². The average Bonchev–Trinajstić information content (AvgIpc) is 3.41. The summed E-state index contributed by atoms with van der Waals surface area (Å²) < 4.78 is 2.45. The summed E-state index contributed by atoms with van der Waals surface area (Å²) in [5.74, 6) is 0. The van der Waals surface area contributed by atoms with Crippen molar-refractivity contribution in [3.8, 4) is 22.4 Å². The van der Waals surface area contributed by atoms with Crippen molar-refractivity contribution in [1.82, 2.24) is 4.57 Å². The first-order valence-corrected chi connectivity index (χ1v) is 10.2. The van der Waals surface area contributed by atoms with Gasteiger partial charge in [0.15, 0.2) is 0 Å². The van der Waals surface area contributed by atoms with Gasteiger partial charge < -0.3 is 4.57 Å². The first kappa shape index (κ1) is 14.9. The van der Waals surface area contributed by atoms with Crippen molar-refractivity contribution < 1.29 is 0 Å². The van der Waals surface area contributed by atoms with E-state index in [-0.39, 0.29) is 0 Å². The van der Waals surface area contributed by atoms with Crippen molar-refractivity contribution in [1.29, 1.82) is 0 Å². The third-order valence-corrected chi connectivity index (χ3v) is 5.98. The van der Waals surface area contributed by atoms with Gasteiger partial charge in [0.25, 0.3) is 0 Å². The summed E-state index contributed by atoms with van der Waals surface area (Å²) in [5, 5.41) is 8.75. The second kappa shape index (κ2) is 6.14. The topological polar surface area (TPSA) is 17.3 Å². The predicted octanol–water partition coefficient (Wildman–Crippen LogP) is 5.80. The van der Waals surface area contributed by atoms with E-state index in [1.54, 1.807) is 22.7 Å². The minimum absolute atomic E-state index is 0.826. The maximum absolute atomic E-state index is 4.91. The number of hydrogen-bond donors (Lipinski definition) is 0. The molecular weight excluding hydrogens is 344 g/mol. The lowest BCUT2D eigenvalue weighted by Crippen LogP contribution is -2.20. The summed E-state index contributed by atoms with van der Waals surface area (Å²) in [7, 11) is 0. The Balaban J connectivity index is 1.78. The molecule has 2 nitrogen and oxygen atoms in total. The highest BCUT2D eigenvalue weighted by molar-refractivity contribution is 7.08. The second-order valence-corrected chi connectivity index (χ2v) is 7.62. The number of nitrogens with zero attached hydrogens (tertiary/aromatic N) is 2. The third-order valence-electron chi connectivity index (χ3n) is 4.61. The molecule has 1 aliphatic heterocycles. The highest BCUT2D eigenvalue weighted by Gasteiger charge is 2.25. The Bertz CT molecular complexity index is 1020. The van der Waals surface area contributed by atoms with Crippen LogP contribution in [0.2, 0.25) is 0 Å². The molecule has 0 fully saturated rings. The standard InChI is InChI=1S/C21H16N2S2/c1-2-4-15(5-3-1)20-21-18(16-6-10-24-13-16)12-19(17-7-11-25-14-17)23(21)9-8-22-20/h1-7,10-14H,8-9H2. The molecule has 25 heavy (non-hydrogen) atoms. The second-order valence-electron chi connectivity index (χ2n) is 6.06. The van der Waals surface area contributed by atoms with Crippen LogP contribution in [0.1, 0.15) is 11.3 Å². The van der Waals surface area contributed by atoms with E-state index in [2.05, 4.69) is 74.6 Å². The summed E-state index contributed by atoms with van der Waals surface area (Å²) in [6.07, 6.45) is 0. The molecule has 0 saturated carbocycles. The zero-order valence-electron chi connectivity index (χ0n) is 13.6. The zero-order chi connectivity index (χ0) is 16.6. The Morgan fingerprint density at radius 2 is 1.60 bits per heavy atom. The van der Waals surface area contributed by atoms with E-state index in [9.17, 15) is 0 Å². The van der Waals surface area contributed by atoms with Gasteiger partial charge in [-0.2, -0.15) is 22.7 Å². The Morgan fingerprint density at radius 3 is 2.32 bits per heavy atom. The van der Waals surface area contributed by atoms with Crippen LogP contribution in [-0.4, -0.2) is 16.8 Å². The fraction of sp³-hybridized carbons (Fsp3) is 0.0952. The first-order chi connectivity index (χ1) is 12.4. The van der Waals surface area contributed by atoms with Crippen LogP contribution < -0.4 is 0 Å². The molecule has 0 radical (unpaired) electrons. The maximum atomic E-state index is 4.91. The molecule has 0 atom stereocenters. The Morgan fingerprint density at radius 1 is 0.840 bits per heavy atom. The predicted molar refractivity (Wildman–Crippen MR) is 108 cm³/mol. The smallest absolute Gasteiger partial charge is 0.0890 e. The van der Waals surface area contributed by atoms with Crippen molar-refractivity contribution in [2.75, 3.05) is 6.54 Å². The lowest BCUT2D eigenvalue weighted by molar-refractivity contribution is 0.697. The highest BCUT2D eigenvalue weighted by atomic mass is 32.1. The van der Waals surface area contributed by atoms with Gasteiger partial charge in [-0.05, 0) is 39.9 Å². The van der Waals surface area contributed by atoms with E-state index in [0.717, 1.165) is 18.8 Å². The summed E-state index contributed by atoms with van der Waals surface area (Å²) >= 11 is 3.49. The molecule has 0 N–H and O–H groups in total. The molecule has 0 bridgehead atoms. The van der Waals surface area contributed by atoms with E-state index < -0.39 is 0 Å². The fourth-order valence-corrected chi connectivity index (χ4v) is 4.79. The van der Waals surface area contributed by atoms with E-state index in [1.165, 1.54) is 33.6 Å². The molecule has 5 rings (SSSR count). The number of thiophene rings is 2. The minimum atomic E-state index is 0.826. The molecule has 4 aromatic rings. The van der Waals surface area contributed by atoms with Crippen molar-refractivity contribution in [3.63, 3.8) is 0 Å². The maximum Gasteiger partial charge on any atom is 0.0890 e. The van der Waals surface area contributed by atoms with E-state index >= 15 is 0 Å². The van der Waals surface area contributed by atoms with E-state index in [1.807, 2.05) is 0 Å². The van der Waals surface area contributed by atoms with Crippen LogP contribution in [0, 0.1) is 0 Å². The van der Waals surface area contributed by atoms with Gasteiger partial charge in [0.1, 0.15) is 0 Å². The van der Waals surface area contributed by atoms with Crippen LogP contribution in [0.25, 0.3) is 22.4 Å². The summed E-state index contributed by atoms with van der Waals surface area (Å²) in [6.45, 7) is 1.76. The average molecular weight is 361 g/mol. The molecule has 0 amide bonds. The number of rotatable bonds is 3. The van der Waals surface area contributed by atoms with Gasteiger partial charge in [-0.15, -0.1) is 0 Å². The zero-order valence-corrected chi connectivity index (χ0v) is 15.2. The van der Waals surface area contributed by atoms with E-state index in [0.29, 0.717) is 0 Å². The van der Waals surface area contributed by atoms with Gasteiger partial charge in [-0.1, -0.05) is 30.3 Å². The molecule has 4 heteroatoms. The van der Waals surface area contributed by atoms with Crippen LogP contribution in [0.4, 0.5) is 0 Å². The molecule has 3 aromatic heterocycles. The summed E-state index contributed by atoms with van der Waals surface area (Å²) in [6, 6.07) is 17.3. The van der Waals surface area contributed by atoms with Crippen molar-refractivity contribution >= 4 is 28.4 Å². The van der Waals surface area contributed by atoms with Gasteiger partial charge in [0.05, 0.1) is 23.6 Å². The van der Waals surface area contributed by atoms with Crippen LogP contribution >= 0.6 is 22.7 Å². The number of fused-ring (bicyclic) bond motifs is 1. The molecule has 1 aliphatic rings. The lowest BCUT2D eigenvalue weighted by Gasteiger charge is -2.20. The Hall–Kier alpha value is -2.43. The number of aliphatic imine (C=N–C) groups is 1. The van der Waals surface area contributed by atoms with Crippen molar-refractivity contribution in [3.05, 3.63) is 81.3 Å². The first-order valence-electron chi connectivity index (χ1n) is 8.31. The molecule has 1 aromatic carbocycles. The number of benzene rings is 1. The molecular formula is C21H16N2S2. The van der Waals surface area contributed by atoms with Crippen LogP contribution in [0.5, 0.6) is 0 Å². The van der Waals surface area contributed by atoms with Gasteiger partial charge in [0, 0.05) is 28.6 Å². The van der Waals surface area contributed by atoms with Gasteiger partial charge in [0.2, 0.25) is 0 Å². The van der Waals surface area contributed by atoms with Gasteiger partial charge in [-0.25, -0.2) is 0 Å². The van der Waals surface area contributed by atoms with Crippen molar-refractivity contribution in [2.24, 2.45) is 4.99 Å². The largest absolute Gasteiger partial charge is 0.337 e. The normalized spacial score (nSPS) is 13.5. The van der Waals surface area contributed by atoms with Crippen LogP contribution in [0.3, 0.4) is 0 Å². The summed E-state index contributed by atoms with van der Waals surface area (Å²) in [4.78, 5) is 4.91. The van der Waals surface area contributed by atoms with Gasteiger partial charge >= 0.3 is 0 Å². The lowest BCUT2D eigenvalue weighted by atomic mass is 10.0. The van der Waals surface area contributed by atoms with E-state index in [4.69, 9.17) is 4.99 Å². The quantitative estimate of drug-likeness (QED) is 0.439. The molecule has 0 saturated heterocycles. The molecule has 0 spiro atoms. The molecule has 4 heterocycles. The molecule has 0 aliphatic carbocycles. The monoisotopic (exact) mass is 360 g/mol. The number of hydrogen-bond acceptors (Lipinski definition) is 3. The van der Waals surface area contributed by atoms with Gasteiger partial charge in [-0.3, -0.25) is 4.99 Å². The van der Waals surface area contributed by atoms with Crippen molar-refractivity contribution in [2.45, 2.75) is 6.54 Å². The molecule has 0 unspecified atom stereocenters. The van der Waals surface area contributed by atoms with Crippen LogP contribution in [-0.2, 0) is 6.54 Å². The SMILES string of the molecule is c1ccc(C2=NCCn3c(-c4ccsc4)cc(-c4ccsc4)c32)cc1. The minimum Gasteiger partial charge on any atom is -0.337 e. The fourth-order valence-electron chi connectivity index (χ4n) is 3.48. The molecule has 122 valence electrons. The third kappa shape index (κ3) is 2.49.